The Kier molecular flexibility index (Phi) is 5.70. The minimum atomic E-state index is 0. The summed E-state index contributed by atoms with van der Waals surface area (Å²) in [5, 5.41) is 6.63. The van der Waals surface area contributed by atoms with Crippen LogP contribution in [0.1, 0.15) is 39.5 Å². The minimum Gasteiger partial charge on any atom is -0.369 e. The molecule has 0 spiro atoms. The van der Waals surface area contributed by atoms with Crippen LogP contribution in [0.2, 0.25) is 0 Å². The molecule has 2 heterocycles. The number of piperidine rings is 1. The molecule has 2 aliphatic rings. The van der Waals surface area contributed by atoms with Gasteiger partial charge in [0.15, 0.2) is 0 Å². The van der Waals surface area contributed by atoms with Gasteiger partial charge < -0.3 is 15.4 Å². The van der Waals surface area contributed by atoms with Gasteiger partial charge >= 0.3 is 0 Å². The summed E-state index contributed by atoms with van der Waals surface area (Å²) in [5.74, 6) is 0.0278. The summed E-state index contributed by atoms with van der Waals surface area (Å²) in [6.45, 7) is 4.08. The summed E-state index contributed by atoms with van der Waals surface area (Å²) in [4.78, 5) is 11.6. The molecule has 2 rings (SSSR count). The maximum Gasteiger partial charge on any atom is 0.246 e. The van der Waals surface area contributed by atoms with Gasteiger partial charge in [0.05, 0.1) is 6.10 Å². The van der Waals surface area contributed by atoms with E-state index in [1.165, 1.54) is 12.8 Å². The predicted octanol–water partition coefficient (Wildman–Crippen LogP) is 1.23. The van der Waals surface area contributed by atoms with E-state index in [9.17, 15) is 4.79 Å². The number of fused-ring (bicyclic) bond motifs is 2. The van der Waals surface area contributed by atoms with E-state index in [0.717, 1.165) is 12.8 Å². The van der Waals surface area contributed by atoms with Crippen molar-refractivity contribution in [2.75, 3.05) is 6.61 Å². The number of hydrogen-bond donors (Lipinski definition) is 2. The zero-order valence-electron chi connectivity index (χ0n) is 10.6. The molecule has 2 unspecified atom stereocenters. The number of halogens is 1. The summed E-state index contributed by atoms with van der Waals surface area (Å²) in [7, 11) is 0. The number of hydrogen-bond acceptors (Lipinski definition) is 3. The molecule has 0 radical (unpaired) electrons. The highest BCUT2D eigenvalue weighted by Gasteiger charge is 2.33. The second-order valence-electron chi connectivity index (χ2n) is 5.23. The molecule has 0 saturated carbocycles. The van der Waals surface area contributed by atoms with Crippen LogP contribution in [0.15, 0.2) is 0 Å². The van der Waals surface area contributed by atoms with Gasteiger partial charge in [-0.2, -0.15) is 0 Å². The van der Waals surface area contributed by atoms with E-state index >= 15 is 0 Å². The quantitative estimate of drug-likeness (QED) is 0.801. The molecule has 0 aromatic rings. The lowest BCUT2D eigenvalue weighted by molar-refractivity contribution is -0.128. The summed E-state index contributed by atoms with van der Waals surface area (Å²) in [6, 6.07) is 1.59. The third-order valence-electron chi connectivity index (χ3n) is 3.39. The van der Waals surface area contributed by atoms with Gasteiger partial charge in [0, 0.05) is 18.1 Å². The van der Waals surface area contributed by atoms with Crippen molar-refractivity contribution in [3.8, 4) is 0 Å². The van der Waals surface area contributed by atoms with Gasteiger partial charge in [-0.05, 0) is 39.5 Å². The molecular weight excluding hydrogens is 240 g/mol. The van der Waals surface area contributed by atoms with E-state index in [1.54, 1.807) is 0 Å². The lowest BCUT2D eigenvalue weighted by Crippen LogP contribution is -2.48. The Balaban J connectivity index is 0.00000144. The Bertz CT molecular complexity index is 249. The highest BCUT2D eigenvalue weighted by Crippen LogP contribution is 2.26. The molecule has 2 aliphatic heterocycles. The van der Waals surface area contributed by atoms with Crippen molar-refractivity contribution in [3.63, 3.8) is 0 Å². The summed E-state index contributed by atoms with van der Waals surface area (Å²) >= 11 is 0. The van der Waals surface area contributed by atoms with Gasteiger partial charge in [-0.3, -0.25) is 4.79 Å². The number of ether oxygens (including phenoxy) is 1. The van der Waals surface area contributed by atoms with Crippen LogP contribution in [-0.2, 0) is 9.53 Å². The molecular formula is C12H23ClN2O2. The maximum atomic E-state index is 11.6. The molecule has 0 aromatic heterocycles. The zero-order chi connectivity index (χ0) is 11.5. The van der Waals surface area contributed by atoms with Crippen LogP contribution in [0, 0.1) is 0 Å². The molecule has 0 aliphatic carbocycles. The van der Waals surface area contributed by atoms with Crippen molar-refractivity contribution < 1.29 is 9.53 Å². The Labute approximate surface area is 109 Å². The topological polar surface area (TPSA) is 50.4 Å². The average Bonchev–Trinajstić information content (AvgIpc) is 2.55. The minimum absolute atomic E-state index is 0. The van der Waals surface area contributed by atoms with Gasteiger partial charge in [0.2, 0.25) is 5.91 Å². The zero-order valence-corrected chi connectivity index (χ0v) is 11.4. The van der Waals surface area contributed by atoms with Crippen LogP contribution in [0.3, 0.4) is 0 Å². The van der Waals surface area contributed by atoms with Crippen molar-refractivity contribution in [1.82, 2.24) is 10.6 Å². The van der Waals surface area contributed by atoms with Crippen LogP contribution in [0.5, 0.6) is 0 Å². The van der Waals surface area contributed by atoms with Crippen LogP contribution in [0.4, 0.5) is 0 Å². The summed E-state index contributed by atoms with van der Waals surface area (Å²) in [5.41, 5.74) is 0. The molecule has 2 bridgehead atoms. The van der Waals surface area contributed by atoms with E-state index < -0.39 is 0 Å². The first-order valence-corrected chi connectivity index (χ1v) is 6.30. The molecule has 2 atom stereocenters. The lowest BCUT2D eigenvalue weighted by Gasteiger charge is -2.29. The highest BCUT2D eigenvalue weighted by atomic mass is 35.5. The van der Waals surface area contributed by atoms with Crippen molar-refractivity contribution in [1.29, 1.82) is 0 Å². The molecule has 2 fully saturated rings. The molecule has 2 N–H and O–H groups in total. The van der Waals surface area contributed by atoms with Gasteiger partial charge in [-0.25, -0.2) is 0 Å². The van der Waals surface area contributed by atoms with Crippen LogP contribution in [0.25, 0.3) is 0 Å². The van der Waals surface area contributed by atoms with Gasteiger partial charge in [-0.15, -0.1) is 12.4 Å². The Morgan fingerprint density at radius 3 is 2.47 bits per heavy atom. The molecule has 17 heavy (non-hydrogen) atoms. The molecule has 1 amide bonds. The Morgan fingerprint density at radius 1 is 1.35 bits per heavy atom. The van der Waals surface area contributed by atoms with Crippen molar-refractivity contribution >= 4 is 18.3 Å². The number of amides is 1. The SMILES string of the molecule is CC(C)OCC(=O)NC1CC2CCC(C1)N2.Cl. The fraction of sp³-hybridized carbons (Fsp3) is 0.917. The lowest BCUT2D eigenvalue weighted by atomic mass is 10.00. The van der Waals surface area contributed by atoms with Crippen molar-refractivity contribution in [2.45, 2.75) is 63.8 Å². The molecule has 5 heteroatoms. The Morgan fingerprint density at radius 2 is 1.94 bits per heavy atom. The van der Waals surface area contributed by atoms with Crippen LogP contribution >= 0.6 is 12.4 Å². The molecule has 4 nitrogen and oxygen atoms in total. The molecule has 100 valence electrons. The normalized spacial score (nSPS) is 31.1. The van der Waals surface area contributed by atoms with Crippen LogP contribution in [-0.4, -0.2) is 36.7 Å². The fourth-order valence-electron chi connectivity index (χ4n) is 2.69. The average molecular weight is 263 g/mol. The van der Waals surface area contributed by atoms with E-state index in [1.807, 2.05) is 13.8 Å². The van der Waals surface area contributed by atoms with E-state index in [-0.39, 0.29) is 31.0 Å². The van der Waals surface area contributed by atoms with Crippen LogP contribution < -0.4 is 10.6 Å². The number of rotatable bonds is 4. The van der Waals surface area contributed by atoms with Gasteiger partial charge in [0.25, 0.3) is 0 Å². The number of nitrogens with one attached hydrogen (secondary N) is 2. The van der Waals surface area contributed by atoms with Gasteiger partial charge in [-0.1, -0.05) is 0 Å². The van der Waals surface area contributed by atoms with Crippen molar-refractivity contribution in [2.24, 2.45) is 0 Å². The van der Waals surface area contributed by atoms with E-state index in [0.29, 0.717) is 18.1 Å². The van der Waals surface area contributed by atoms with E-state index in [4.69, 9.17) is 4.74 Å². The third kappa shape index (κ3) is 4.45. The number of carbonyl (C=O) groups excluding carboxylic acids is 1. The third-order valence-corrected chi connectivity index (χ3v) is 3.39. The summed E-state index contributed by atoms with van der Waals surface area (Å²) in [6.07, 6.45) is 4.79. The fourth-order valence-corrected chi connectivity index (χ4v) is 2.69. The predicted molar refractivity (Wildman–Crippen MR) is 69.4 cm³/mol. The second kappa shape index (κ2) is 6.57. The van der Waals surface area contributed by atoms with Crippen molar-refractivity contribution in [3.05, 3.63) is 0 Å². The monoisotopic (exact) mass is 262 g/mol. The molecule has 2 saturated heterocycles. The Hall–Kier alpha value is -0.320. The van der Waals surface area contributed by atoms with E-state index in [2.05, 4.69) is 10.6 Å². The highest BCUT2D eigenvalue weighted by molar-refractivity contribution is 5.85. The van der Waals surface area contributed by atoms with Gasteiger partial charge in [0.1, 0.15) is 6.61 Å². The number of carbonyl (C=O) groups is 1. The maximum absolute atomic E-state index is 11.6. The molecule has 0 aromatic carbocycles. The standard InChI is InChI=1S/C12H22N2O2.ClH/c1-8(2)16-7-12(15)14-11-5-9-3-4-10(6-11)13-9;/h8-11,13H,3-7H2,1-2H3,(H,14,15);1H. The first-order chi connectivity index (χ1) is 7.63. The largest absolute Gasteiger partial charge is 0.369 e. The smallest absolute Gasteiger partial charge is 0.246 e. The first kappa shape index (κ1) is 14.7. The summed E-state index contributed by atoms with van der Waals surface area (Å²) < 4.78 is 5.29. The first-order valence-electron chi connectivity index (χ1n) is 6.30. The second-order valence-corrected chi connectivity index (χ2v) is 5.23.